The van der Waals surface area contributed by atoms with Crippen LogP contribution in [-0.4, -0.2) is 68.1 Å². The summed E-state index contributed by atoms with van der Waals surface area (Å²) in [4.78, 5) is 23.5. The molecule has 3 fully saturated rings. The molecule has 2 atom stereocenters. The number of aliphatic hydroxyl groups is 1. The number of amides is 1. The molecule has 9 nitrogen and oxygen atoms in total. The van der Waals surface area contributed by atoms with Gasteiger partial charge in [0.2, 0.25) is 0 Å². The third-order valence-electron chi connectivity index (χ3n) is 5.98. The Morgan fingerprint density at radius 2 is 1.97 bits per heavy atom. The van der Waals surface area contributed by atoms with Crippen LogP contribution in [0.4, 0.5) is 19.6 Å². The fraction of sp³-hybridized carbons (Fsp3) is 0.476. The Bertz CT molecular complexity index is 1230. The maximum absolute atomic E-state index is 14.5. The van der Waals surface area contributed by atoms with E-state index in [1.165, 1.54) is 22.3 Å². The van der Waals surface area contributed by atoms with E-state index >= 15 is 0 Å². The molecule has 2 aromatic heterocycles. The van der Waals surface area contributed by atoms with Crippen molar-refractivity contribution < 1.29 is 32.9 Å². The predicted molar refractivity (Wildman–Crippen MR) is 116 cm³/mol. The Hall–Kier alpha value is -2.99. The first-order chi connectivity index (χ1) is 15.4. The minimum Gasteiger partial charge on any atom is -0.465 e. The van der Waals surface area contributed by atoms with Crippen molar-refractivity contribution in [1.82, 2.24) is 14.9 Å². The molecule has 12 heteroatoms. The minimum atomic E-state index is -3.88. The highest BCUT2D eigenvalue weighted by Crippen LogP contribution is 2.42. The summed E-state index contributed by atoms with van der Waals surface area (Å²) in [5, 5.41) is 21.7. The van der Waals surface area contributed by atoms with E-state index in [1.807, 2.05) is 17.2 Å². The molecule has 3 aliphatic rings. The summed E-state index contributed by atoms with van der Waals surface area (Å²) in [7, 11) is 0. The molecule has 33 heavy (non-hydrogen) atoms. The molecular formula is C21H22F2N4O5S. The third-order valence-corrected chi connectivity index (χ3v) is 6.97. The van der Waals surface area contributed by atoms with E-state index in [0.717, 1.165) is 26.0 Å². The molecule has 3 saturated heterocycles. The summed E-state index contributed by atoms with van der Waals surface area (Å²) in [6.45, 7) is 4.53. The van der Waals surface area contributed by atoms with Crippen molar-refractivity contribution in [2.24, 2.45) is 0 Å². The van der Waals surface area contributed by atoms with Gasteiger partial charge in [0.15, 0.2) is 22.5 Å². The van der Waals surface area contributed by atoms with Gasteiger partial charge in [0, 0.05) is 24.2 Å². The zero-order valence-corrected chi connectivity index (χ0v) is 18.9. The normalized spacial score (nSPS) is 20.8. The molecule has 5 heterocycles. The van der Waals surface area contributed by atoms with Crippen LogP contribution in [0.2, 0.25) is 0 Å². The Kier molecular flexibility index (Phi) is 4.80. The molecule has 0 spiro atoms. The highest BCUT2D eigenvalue weighted by molar-refractivity contribution is 7.13. The monoisotopic (exact) mass is 480 g/mol. The fourth-order valence-electron chi connectivity index (χ4n) is 4.18. The first-order valence-electron chi connectivity index (χ1n) is 10.4. The van der Waals surface area contributed by atoms with E-state index in [-0.39, 0.29) is 34.9 Å². The number of aryl methyl sites for hydroxylation is 1. The molecule has 1 aromatic carbocycles. The van der Waals surface area contributed by atoms with Gasteiger partial charge in [-0.3, -0.25) is 4.90 Å². The summed E-state index contributed by atoms with van der Waals surface area (Å²) < 4.78 is 40.0. The highest BCUT2D eigenvalue weighted by Gasteiger charge is 2.50. The van der Waals surface area contributed by atoms with E-state index in [2.05, 4.69) is 9.97 Å². The average molecular weight is 480 g/mol. The maximum Gasteiger partial charge on any atom is 0.426 e. The van der Waals surface area contributed by atoms with Crippen LogP contribution in [0.1, 0.15) is 26.0 Å². The molecule has 3 aromatic rings. The van der Waals surface area contributed by atoms with Gasteiger partial charge in [0.1, 0.15) is 5.01 Å². The van der Waals surface area contributed by atoms with Crippen LogP contribution in [0.5, 0.6) is 5.75 Å². The number of hydrogen-bond acceptors (Lipinski definition) is 8. The lowest BCUT2D eigenvalue weighted by molar-refractivity contribution is -0.275. The first-order valence-corrected chi connectivity index (χ1v) is 11.2. The van der Waals surface area contributed by atoms with Gasteiger partial charge in [-0.25, -0.2) is 9.78 Å². The number of benzene rings is 1. The molecule has 0 saturated carbocycles. The van der Waals surface area contributed by atoms with Crippen molar-refractivity contribution in [3.05, 3.63) is 23.2 Å². The van der Waals surface area contributed by atoms with Gasteiger partial charge in [-0.2, -0.15) is 13.8 Å². The number of anilines is 1. The molecular weight excluding hydrogens is 458 g/mol. The number of piperazine rings is 1. The topological polar surface area (TPSA) is 112 Å². The minimum absolute atomic E-state index is 0.0774. The quantitative estimate of drug-likeness (QED) is 0.565. The number of hydrogen-bond donors (Lipinski definition) is 2. The number of aromatic nitrogens is 2. The van der Waals surface area contributed by atoms with Crippen molar-refractivity contribution >= 4 is 34.5 Å². The molecule has 2 bridgehead atoms. The Morgan fingerprint density at radius 1 is 1.27 bits per heavy atom. The zero-order chi connectivity index (χ0) is 23.7. The number of carboxylic acid groups (broad SMARTS) is 1. The summed E-state index contributed by atoms with van der Waals surface area (Å²) in [6, 6.07) is 2.79. The second kappa shape index (κ2) is 7.26. The third kappa shape index (κ3) is 3.57. The number of thiazole rings is 1. The lowest BCUT2D eigenvalue weighted by Gasteiger charge is -2.54. The van der Waals surface area contributed by atoms with Gasteiger partial charge in [-0.05, 0) is 39.3 Å². The summed E-state index contributed by atoms with van der Waals surface area (Å²) in [5.41, 5.74) is -0.728. The maximum atomic E-state index is 14.5. The summed E-state index contributed by atoms with van der Waals surface area (Å²) in [5.74, 6) is -0.238. The number of piperidine rings is 1. The average Bonchev–Trinajstić information content (AvgIpc) is 3.34. The van der Waals surface area contributed by atoms with Crippen molar-refractivity contribution in [2.45, 2.75) is 51.0 Å². The van der Waals surface area contributed by atoms with E-state index in [9.17, 15) is 23.8 Å². The number of carbonyl (C=O) groups is 1. The fourth-order valence-corrected chi connectivity index (χ4v) is 5.00. The van der Waals surface area contributed by atoms with Crippen molar-refractivity contribution in [3.63, 3.8) is 0 Å². The summed E-state index contributed by atoms with van der Waals surface area (Å²) in [6.07, 6.45) is -4.08. The number of halogens is 2. The van der Waals surface area contributed by atoms with Crippen LogP contribution in [0.3, 0.4) is 0 Å². The number of nitrogens with zero attached hydrogens (tertiary/aromatic N) is 4. The largest absolute Gasteiger partial charge is 0.465 e. The highest BCUT2D eigenvalue weighted by atomic mass is 32.1. The first kappa shape index (κ1) is 21.8. The second-order valence-corrected chi connectivity index (χ2v) is 9.75. The Labute approximate surface area is 191 Å². The van der Waals surface area contributed by atoms with Gasteiger partial charge in [-0.1, -0.05) is 0 Å². The zero-order valence-electron chi connectivity index (χ0n) is 18.1. The number of fused-ring (bicyclic) bond motifs is 3. The van der Waals surface area contributed by atoms with Crippen molar-refractivity contribution in [3.8, 4) is 16.3 Å². The molecule has 176 valence electrons. The molecule has 2 unspecified atom stereocenters. The van der Waals surface area contributed by atoms with Crippen molar-refractivity contribution in [1.29, 1.82) is 0 Å². The number of rotatable bonds is 5. The van der Waals surface area contributed by atoms with Crippen LogP contribution >= 0.6 is 11.3 Å². The van der Waals surface area contributed by atoms with Crippen LogP contribution in [-0.2, 0) is 0 Å². The standard InChI is InChI=1S/C21H22F2N4O5S/c1-10-9-33-17(24-10)13-4-5-14(32-21(22,23)20(2,3)30)15-16(13)31-18(25-15)26-7-11-6-12(8-26)27(11)19(28)29/h4-5,9,11-12,30H,6-8H2,1-3H3,(H,28,29). The smallest absolute Gasteiger partial charge is 0.426 e. The lowest BCUT2D eigenvalue weighted by atomic mass is 9.88. The molecule has 6 rings (SSSR count). The SMILES string of the molecule is Cc1csc(-c2ccc(OC(F)(F)C(C)(C)O)c3nc(N4CC5CC(C4)N5C(=O)O)oc23)n1. The summed E-state index contributed by atoms with van der Waals surface area (Å²) >= 11 is 1.38. The van der Waals surface area contributed by atoms with Gasteiger partial charge < -0.3 is 24.3 Å². The number of alkyl halides is 2. The van der Waals surface area contributed by atoms with Gasteiger partial charge in [-0.15, -0.1) is 11.3 Å². The van der Waals surface area contributed by atoms with E-state index < -0.39 is 17.8 Å². The van der Waals surface area contributed by atoms with Crippen LogP contribution in [0, 0.1) is 6.92 Å². The van der Waals surface area contributed by atoms with Crippen LogP contribution in [0.25, 0.3) is 21.7 Å². The van der Waals surface area contributed by atoms with Gasteiger partial charge in [0.25, 0.3) is 6.01 Å². The molecule has 3 aliphatic heterocycles. The second-order valence-electron chi connectivity index (χ2n) is 8.90. The van der Waals surface area contributed by atoms with Crippen LogP contribution < -0.4 is 9.64 Å². The lowest BCUT2D eigenvalue weighted by Crippen LogP contribution is -2.70. The molecule has 1 amide bonds. The van der Waals surface area contributed by atoms with E-state index in [0.29, 0.717) is 23.7 Å². The molecule has 0 radical (unpaired) electrons. The van der Waals surface area contributed by atoms with Crippen molar-refractivity contribution in [2.75, 3.05) is 18.0 Å². The van der Waals surface area contributed by atoms with Gasteiger partial charge in [0.05, 0.1) is 17.6 Å². The number of ether oxygens (including phenoxy) is 1. The Balaban J connectivity index is 1.56. The molecule has 0 aliphatic carbocycles. The van der Waals surface area contributed by atoms with E-state index in [1.54, 1.807) is 6.07 Å². The predicted octanol–water partition coefficient (Wildman–Crippen LogP) is 3.94. The Morgan fingerprint density at radius 3 is 2.55 bits per heavy atom. The van der Waals surface area contributed by atoms with E-state index in [4.69, 9.17) is 9.15 Å². The van der Waals surface area contributed by atoms with Gasteiger partial charge >= 0.3 is 12.2 Å². The molecule has 2 N–H and O–H groups in total. The number of oxazole rings is 1. The van der Waals surface area contributed by atoms with Crippen LogP contribution in [0.15, 0.2) is 21.9 Å².